The third kappa shape index (κ3) is 5.04. The first-order chi connectivity index (χ1) is 8.02. The predicted molar refractivity (Wildman–Crippen MR) is 72.5 cm³/mol. The summed E-state index contributed by atoms with van der Waals surface area (Å²) in [6.07, 6.45) is 1.42. The van der Waals surface area contributed by atoms with E-state index in [1.54, 1.807) is 4.90 Å². The molecule has 0 fully saturated rings. The Kier molecular flexibility index (Phi) is 5.92. The minimum Gasteiger partial charge on any atom is -0.345 e. The Labute approximate surface area is 112 Å². The summed E-state index contributed by atoms with van der Waals surface area (Å²) < 4.78 is 0. The Balaban J connectivity index is 2.42. The van der Waals surface area contributed by atoms with Crippen LogP contribution >= 0.6 is 22.9 Å². The first-order valence-corrected chi connectivity index (χ1v) is 7.17. The van der Waals surface area contributed by atoms with E-state index in [1.807, 2.05) is 12.4 Å². The van der Waals surface area contributed by atoms with Crippen LogP contribution in [0.15, 0.2) is 5.38 Å². The Morgan fingerprint density at radius 3 is 2.82 bits per heavy atom. The molecule has 0 saturated heterocycles. The molecule has 1 rings (SSSR count). The molecule has 5 heteroatoms. The van der Waals surface area contributed by atoms with Crippen LogP contribution < -0.4 is 0 Å². The second kappa shape index (κ2) is 6.97. The van der Waals surface area contributed by atoms with E-state index in [9.17, 15) is 4.79 Å². The molecule has 1 amide bonds. The number of aromatic nitrogens is 1. The molecule has 0 aliphatic carbocycles. The molecule has 1 aromatic heterocycles. The van der Waals surface area contributed by atoms with Crippen molar-refractivity contribution >= 4 is 28.8 Å². The van der Waals surface area contributed by atoms with Crippen molar-refractivity contribution in [2.24, 2.45) is 5.92 Å². The molecule has 0 bridgehead atoms. The maximum atomic E-state index is 11.9. The summed E-state index contributed by atoms with van der Waals surface area (Å²) in [6.45, 7) is 5.13. The first-order valence-electron chi connectivity index (χ1n) is 5.76. The average Bonchev–Trinajstić information content (AvgIpc) is 2.73. The smallest absolute Gasteiger partial charge is 0.229 e. The maximum Gasteiger partial charge on any atom is 0.229 e. The number of alkyl halides is 1. The van der Waals surface area contributed by atoms with Gasteiger partial charge in [0.25, 0.3) is 0 Å². The van der Waals surface area contributed by atoms with Crippen LogP contribution in [0.2, 0.25) is 0 Å². The normalized spacial score (nSPS) is 10.9. The quantitative estimate of drug-likeness (QED) is 0.748. The highest BCUT2D eigenvalue weighted by Gasteiger charge is 2.12. The molecule has 0 aliphatic heterocycles. The van der Waals surface area contributed by atoms with E-state index in [4.69, 9.17) is 11.6 Å². The molecule has 3 nitrogen and oxygen atoms in total. The number of amides is 1. The zero-order valence-corrected chi connectivity index (χ0v) is 12.1. The number of rotatable bonds is 6. The van der Waals surface area contributed by atoms with Gasteiger partial charge in [-0.2, -0.15) is 0 Å². The van der Waals surface area contributed by atoms with Crippen molar-refractivity contribution in [1.82, 2.24) is 9.88 Å². The van der Waals surface area contributed by atoms with Crippen LogP contribution in [0.4, 0.5) is 0 Å². The van der Waals surface area contributed by atoms with Crippen LogP contribution in [0.3, 0.4) is 0 Å². The maximum absolute atomic E-state index is 11.9. The highest BCUT2D eigenvalue weighted by atomic mass is 35.5. The Morgan fingerprint density at radius 2 is 2.29 bits per heavy atom. The molecule has 0 atom stereocenters. The molecule has 0 spiro atoms. The van der Waals surface area contributed by atoms with Gasteiger partial charge in [0.15, 0.2) is 0 Å². The van der Waals surface area contributed by atoms with Gasteiger partial charge < -0.3 is 4.90 Å². The Bertz CT molecular complexity index is 365. The van der Waals surface area contributed by atoms with Gasteiger partial charge in [-0.3, -0.25) is 4.79 Å². The highest BCUT2D eigenvalue weighted by molar-refractivity contribution is 7.09. The van der Waals surface area contributed by atoms with E-state index < -0.39 is 0 Å². The zero-order chi connectivity index (χ0) is 12.8. The van der Waals surface area contributed by atoms with E-state index in [0.29, 0.717) is 18.2 Å². The number of carbonyl (C=O) groups is 1. The second-order valence-electron chi connectivity index (χ2n) is 4.54. The van der Waals surface area contributed by atoms with E-state index in [2.05, 4.69) is 18.8 Å². The number of likely N-dealkylation sites (N-methyl/N-ethyl adjacent to an activating group) is 1. The van der Waals surface area contributed by atoms with Gasteiger partial charge >= 0.3 is 0 Å². The summed E-state index contributed by atoms with van der Waals surface area (Å²) in [5.41, 5.74) is 0.851. The van der Waals surface area contributed by atoms with Crippen molar-refractivity contribution in [3.63, 3.8) is 0 Å². The van der Waals surface area contributed by atoms with Gasteiger partial charge in [0.2, 0.25) is 5.91 Å². The van der Waals surface area contributed by atoms with Crippen LogP contribution in [-0.4, -0.2) is 29.4 Å². The summed E-state index contributed by atoms with van der Waals surface area (Å²) in [5.74, 6) is 1.16. The van der Waals surface area contributed by atoms with E-state index in [1.165, 1.54) is 11.3 Å². The first kappa shape index (κ1) is 14.5. The number of hydrogen-bond donors (Lipinski definition) is 0. The van der Waals surface area contributed by atoms with E-state index in [0.717, 1.165) is 23.7 Å². The van der Waals surface area contributed by atoms with Crippen molar-refractivity contribution in [3.8, 4) is 0 Å². The van der Waals surface area contributed by atoms with Crippen molar-refractivity contribution in [3.05, 3.63) is 16.1 Å². The molecular formula is C12H19ClN2OS. The molecule has 0 aliphatic rings. The molecule has 0 radical (unpaired) electrons. The Hall–Kier alpha value is -0.610. The standard InChI is InChI=1S/C12H19ClN2OS/c1-9(2)4-5-15(3)12(16)6-11-14-10(7-13)8-17-11/h8-9H,4-7H2,1-3H3. The molecule has 0 N–H and O–H groups in total. The number of halogens is 1. The Morgan fingerprint density at radius 1 is 1.59 bits per heavy atom. The fraction of sp³-hybridized carbons (Fsp3) is 0.667. The molecule has 96 valence electrons. The SMILES string of the molecule is CC(C)CCN(C)C(=O)Cc1nc(CCl)cs1. The van der Waals surface area contributed by atoms with E-state index >= 15 is 0 Å². The van der Waals surface area contributed by atoms with Gasteiger partial charge in [-0.15, -0.1) is 22.9 Å². The van der Waals surface area contributed by atoms with Crippen molar-refractivity contribution in [2.45, 2.75) is 32.6 Å². The molecule has 0 unspecified atom stereocenters. The van der Waals surface area contributed by atoms with Crippen molar-refractivity contribution in [1.29, 1.82) is 0 Å². The average molecular weight is 275 g/mol. The third-order valence-corrected chi connectivity index (χ3v) is 3.68. The van der Waals surface area contributed by atoms with Crippen molar-refractivity contribution in [2.75, 3.05) is 13.6 Å². The summed E-state index contributed by atoms with van der Waals surface area (Å²) in [5, 5.41) is 2.76. The molecule has 17 heavy (non-hydrogen) atoms. The molecule has 1 aromatic rings. The molecule has 0 aromatic carbocycles. The van der Waals surface area contributed by atoms with Crippen LogP contribution in [0.5, 0.6) is 0 Å². The topological polar surface area (TPSA) is 33.2 Å². The zero-order valence-electron chi connectivity index (χ0n) is 10.6. The van der Waals surface area contributed by atoms with E-state index in [-0.39, 0.29) is 5.91 Å². The number of carbonyl (C=O) groups excluding carboxylic acids is 1. The minimum absolute atomic E-state index is 0.126. The van der Waals surface area contributed by atoms with Gasteiger partial charge in [-0.25, -0.2) is 4.98 Å². The number of thiazole rings is 1. The van der Waals surface area contributed by atoms with Gasteiger partial charge in [0.05, 0.1) is 18.0 Å². The predicted octanol–water partition coefficient (Wildman–Crippen LogP) is 2.93. The fourth-order valence-electron chi connectivity index (χ4n) is 1.33. The van der Waals surface area contributed by atoms with Crippen LogP contribution in [0.1, 0.15) is 31.0 Å². The lowest BCUT2D eigenvalue weighted by atomic mass is 10.1. The lowest BCUT2D eigenvalue weighted by Gasteiger charge is -2.17. The largest absolute Gasteiger partial charge is 0.345 e. The molecule has 0 saturated carbocycles. The summed E-state index contributed by atoms with van der Waals surface area (Å²) in [7, 11) is 1.85. The lowest BCUT2D eigenvalue weighted by molar-refractivity contribution is -0.129. The lowest BCUT2D eigenvalue weighted by Crippen LogP contribution is -2.29. The van der Waals surface area contributed by atoms with Crippen LogP contribution in [0.25, 0.3) is 0 Å². The summed E-state index contributed by atoms with van der Waals surface area (Å²) >= 11 is 7.17. The van der Waals surface area contributed by atoms with Crippen LogP contribution in [0, 0.1) is 5.92 Å². The van der Waals surface area contributed by atoms with Gasteiger partial charge in [0, 0.05) is 19.0 Å². The summed E-state index contributed by atoms with van der Waals surface area (Å²) in [4.78, 5) is 17.9. The molecule has 1 heterocycles. The van der Waals surface area contributed by atoms with Crippen molar-refractivity contribution < 1.29 is 4.79 Å². The van der Waals surface area contributed by atoms with Gasteiger partial charge in [-0.05, 0) is 12.3 Å². The number of hydrogen-bond acceptors (Lipinski definition) is 3. The van der Waals surface area contributed by atoms with Gasteiger partial charge in [0.1, 0.15) is 5.01 Å². The minimum atomic E-state index is 0.126. The third-order valence-electron chi connectivity index (χ3n) is 2.51. The monoisotopic (exact) mass is 274 g/mol. The van der Waals surface area contributed by atoms with Crippen LogP contribution in [-0.2, 0) is 17.1 Å². The molecular weight excluding hydrogens is 256 g/mol. The highest BCUT2D eigenvalue weighted by Crippen LogP contribution is 2.13. The second-order valence-corrected chi connectivity index (χ2v) is 5.75. The van der Waals surface area contributed by atoms with Gasteiger partial charge in [-0.1, -0.05) is 13.8 Å². The fourth-order valence-corrected chi connectivity index (χ4v) is 2.35. The number of nitrogens with zero attached hydrogens (tertiary/aromatic N) is 2. The summed E-state index contributed by atoms with van der Waals surface area (Å²) in [6, 6.07) is 0.